The molecule has 1 aliphatic heterocycles. The molecule has 4 aromatic rings. The Labute approximate surface area is 153 Å². The van der Waals surface area contributed by atoms with E-state index >= 15 is 0 Å². The molecule has 0 N–H and O–H groups in total. The van der Waals surface area contributed by atoms with Gasteiger partial charge >= 0.3 is 0 Å². The number of hydrogen-bond acceptors (Lipinski definition) is 7. The molecule has 0 spiro atoms. The van der Waals surface area contributed by atoms with E-state index in [0.717, 1.165) is 40.3 Å². The van der Waals surface area contributed by atoms with E-state index in [4.69, 9.17) is 9.26 Å². The summed E-state index contributed by atoms with van der Waals surface area (Å²) < 4.78 is 11.0. The highest BCUT2D eigenvalue weighted by molar-refractivity contribution is 7.09. The quantitative estimate of drug-likeness (QED) is 0.550. The maximum absolute atomic E-state index is 5.58. The van der Waals surface area contributed by atoms with Crippen molar-refractivity contribution in [3.63, 3.8) is 0 Å². The molecule has 0 atom stereocenters. The number of ether oxygens (including phenoxy) is 1. The summed E-state index contributed by atoms with van der Waals surface area (Å²) in [5, 5.41) is 4.07. The summed E-state index contributed by atoms with van der Waals surface area (Å²) in [6.07, 6.45) is 6.97. The van der Waals surface area contributed by atoms with Gasteiger partial charge < -0.3 is 9.26 Å². The van der Waals surface area contributed by atoms with E-state index in [1.165, 1.54) is 5.56 Å². The Balaban J connectivity index is 1.44. The van der Waals surface area contributed by atoms with Gasteiger partial charge in [-0.15, -0.1) is 11.3 Å². The van der Waals surface area contributed by atoms with Gasteiger partial charge in [-0.25, -0.2) is 0 Å². The summed E-state index contributed by atoms with van der Waals surface area (Å²) >= 11 is 1.58. The number of pyridine rings is 1. The second-order valence-electron chi connectivity index (χ2n) is 6.04. The van der Waals surface area contributed by atoms with E-state index in [2.05, 4.69) is 26.2 Å². The molecule has 0 saturated heterocycles. The minimum absolute atomic E-state index is 0.475. The van der Waals surface area contributed by atoms with Crippen molar-refractivity contribution >= 4 is 11.3 Å². The number of nitrogens with zero attached hydrogens (tertiary/aromatic N) is 4. The van der Waals surface area contributed by atoms with Crippen LogP contribution in [0.3, 0.4) is 0 Å². The zero-order valence-corrected chi connectivity index (χ0v) is 14.6. The van der Waals surface area contributed by atoms with E-state index in [1.54, 1.807) is 23.0 Å². The number of rotatable bonds is 4. The largest absolute Gasteiger partial charge is 0.493 e. The van der Waals surface area contributed by atoms with Crippen molar-refractivity contribution in [2.45, 2.75) is 12.8 Å². The summed E-state index contributed by atoms with van der Waals surface area (Å²) in [6.45, 7) is 0.752. The van der Waals surface area contributed by atoms with Crippen molar-refractivity contribution in [2.24, 2.45) is 0 Å². The van der Waals surface area contributed by atoms with E-state index in [9.17, 15) is 0 Å². The molecular weight excluding hydrogens is 348 g/mol. The molecule has 5 rings (SSSR count). The number of aromatic nitrogens is 4. The predicted octanol–water partition coefficient (Wildman–Crippen LogP) is 3.78. The molecule has 0 fully saturated rings. The molecule has 0 aliphatic carbocycles. The molecule has 0 radical (unpaired) electrons. The van der Waals surface area contributed by atoms with Crippen LogP contribution in [0.15, 0.2) is 52.9 Å². The molecule has 0 unspecified atom stereocenters. The number of hydrogen-bond donors (Lipinski definition) is 0. The Kier molecular flexibility index (Phi) is 3.71. The lowest BCUT2D eigenvalue weighted by Crippen LogP contribution is -1.88. The van der Waals surface area contributed by atoms with Crippen LogP contribution in [0.25, 0.3) is 22.6 Å². The fraction of sp³-hybridized carbons (Fsp3) is 0.158. The predicted molar refractivity (Wildman–Crippen MR) is 97.1 cm³/mol. The van der Waals surface area contributed by atoms with Crippen LogP contribution in [-0.2, 0) is 12.8 Å². The fourth-order valence-electron chi connectivity index (χ4n) is 3.01. The Morgan fingerprint density at radius 2 is 1.96 bits per heavy atom. The highest BCUT2D eigenvalue weighted by Crippen LogP contribution is 2.31. The smallest absolute Gasteiger partial charge is 0.259 e. The van der Waals surface area contributed by atoms with Gasteiger partial charge in [-0.1, -0.05) is 11.2 Å². The van der Waals surface area contributed by atoms with Crippen molar-refractivity contribution in [3.05, 3.63) is 64.6 Å². The molecule has 1 aromatic carbocycles. The second-order valence-corrected chi connectivity index (χ2v) is 7.01. The van der Waals surface area contributed by atoms with Gasteiger partial charge in [0.05, 0.1) is 17.7 Å². The van der Waals surface area contributed by atoms with Crippen molar-refractivity contribution in [2.75, 3.05) is 6.61 Å². The SMILES string of the molecule is c1ncc(Cc2noc(-c3cncc(-c4ccc5c(c4)CCO5)c3)n2)s1. The van der Waals surface area contributed by atoms with Gasteiger partial charge in [-0.3, -0.25) is 9.97 Å². The molecule has 7 heteroatoms. The van der Waals surface area contributed by atoms with Gasteiger partial charge in [-0.2, -0.15) is 4.98 Å². The minimum atomic E-state index is 0.475. The lowest BCUT2D eigenvalue weighted by molar-refractivity contribution is 0.357. The van der Waals surface area contributed by atoms with Gasteiger partial charge in [0.15, 0.2) is 5.82 Å². The van der Waals surface area contributed by atoms with Gasteiger partial charge in [0.2, 0.25) is 0 Å². The van der Waals surface area contributed by atoms with E-state index < -0.39 is 0 Å². The molecule has 4 heterocycles. The highest BCUT2D eigenvalue weighted by Gasteiger charge is 2.15. The summed E-state index contributed by atoms with van der Waals surface area (Å²) in [6, 6.07) is 8.25. The van der Waals surface area contributed by atoms with Crippen LogP contribution in [-0.4, -0.2) is 26.7 Å². The first-order chi connectivity index (χ1) is 12.8. The Morgan fingerprint density at radius 1 is 1.00 bits per heavy atom. The van der Waals surface area contributed by atoms with Crippen LogP contribution in [0.4, 0.5) is 0 Å². The third-order valence-electron chi connectivity index (χ3n) is 4.29. The van der Waals surface area contributed by atoms with Crippen LogP contribution in [0.2, 0.25) is 0 Å². The van der Waals surface area contributed by atoms with Crippen molar-refractivity contribution < 1.29 is 9.26 Å². The topological polar surface area (TPSA) is 73.9 Å². The first-order valence-corrected chi connectivity index (χ1v) is 9.14. The van der Waals surface area contributed by atoms with E-state index in [0.29, 0.717) is 18.1 Å². The molecular formula is C19H14N4O2S. The van der Waals surface area contributed by atoms with Gasteiger partial charge in [0.1, 0.15) is 5.75 Å². The monoisotopic (exact) mass is 362 g/mol. The zero-order chi connectivity index (χ0) is 17.3. The minimum Gasteiger partial charge on any atom is -0.493 e. The molecule has 26 heavy (non-hydrogen) atoms. The van der Waals surface area contributed by atoms with Crippen LogP contribution >= 0.6 is 11.3 Å². The molecule has 1 aliphatic rings. The van der Waals surface area contributed by atoms with Crippen LogP contribution in [0, 0.1) is 0 Å². The second kappa shape index (κ2) is 6.34. The number of benzene rings is 1. The zero-order valence-electron chi connectivity index (χ0n) is 13.8. The standard InChI is InChI=1S/C19H14N4O2S/c1-2-17-13(3-4-24-17)5-12(1)14-6-15(9-20-8-14)19-22-18(23-25-19)7-16-10-21-11-26-16/h1-2,5-6,8-11H,3-4,7H2. The van der Waals surface area contributed by atoms with E-state index in [1.807, 2.05) is 30.6 Å². The van der Waals surface area contributed by atoms with Crippen molar-refractivity contribution in [3.8, 4) is 28.3 Å². The van der Waals surface area contributed by atoms with Crippen LogP contribution in [0.1, 0.15) is 16.3 Å². The molecule has 0 saturated carbocycles. The molecule has 128 valence electrons. The maximum Gasteiger partial charge on any atom is 0.259 e. The molecule has 0 bridgehead atoms. The van der Waals surface area contributed by atoms with Crippen molar-refractivity contribution in [1.82, 2.24) is 20.1 Å². The molecule has 6 nitrogen and oxygen atoms in total. The molecule has 3 aromatic heterocycles. The Morgan fingerprint density at radius 3 is 2.88 bits per heavy atom. The summed E-state index contributed by atoms with van der Waals surface area (Å²) in [5.41, 5.74) is 5.96. The molecule has 0 amide bonds. The van der Waals surface area contributed by atoms with E-state index in [-0.39, 0.29) is 0 Å². The van der Waals surface area contributed by atoms with Gasteiger partial charge in [-0.05, 0) is 29.3 Å². The summed E-state index contributed by atoms with van der Waals surface area (Å²) in [5.74, 6) is 2.09. The van der Waals surface area contributed by atoms with Crippen molar-refractivity contribution in [1.29, 1.82) is 0 Å². The average molecular weight is 362 g/mol. The Hall–Kier alpha value is -3.06. The first-order valence-electron chi connectivity index (χ1n) is 8.27. The van der Waals surface area contributed by atoms with Crippen LogP contribution < -0.4 is 4.74 Å². The highest BCUT2D eigenvalue weighted by atomic mass is 32.1. The Bertz CT molecular complexity index is 1060. The fourth-order valence-corrected chi connectivity index (χ4v) is 3.60. The average Bonchev–Trinajstić information content (AvgIpc) is 3.43. The first kappa shape index (κ1) is 15.2. The third-order valence-corrected chi connectivity index (χ3v) is 5.07. The maximum atomic E-state index is 5.58. The van der Waals surface area contributed by atoms with Gasteiger partial charge in [0, 0.05) is 41.9 Å². The lowest BCUT2D eigenvalue weighted by Gasteiger charge is -2.05. The summed E-state index contributed by atoms with van der Waals surface area (Å²) in [4.78, 5) is 14.0. The van der Waals surface area contributed by atoms with Gasteiger partial charge in [0.25, 0.3) is 5.89 Å². The lowest BCUT2D eigenvalue weighted by atomic mass is 10.0. The van der Waals surface area contributed by atoms with Crippen LogP contribution in [0.5, 0.6) is 5.75 Å². The number of thiazole rings is 1. The summed E-state index contributed by atoms with van der Waals surface area (Å²) in [7, 11) is 0. The third kappa shape index (κ3) is 2.86. The number of fused-ring (bicyclic) bond motifs is 1. The normalized spacial score (nSPS) is 12.8.